The second-order valence-corrected chi connectivity index (χ2v) is 7.62. The highest BCUT2D eigenvalue weighted by molar-refractivity contribution is 5.96. The van der Waals surface area contributed by atoms with Gasteiger partial charge in [-0.25, -0.2) is 0 Å². The number of carbonyl (C=O) groups is 2. The van der Waals surface area contributed by atoms with Crippen LogP contribution < -0.4 is 10.5 Å². The van der Waals surface area contributed by atoms with Crippen molar-refractivity contribution in [2.45, 2.75) is 25.4 Å². The van der Waals surface area contributed by atoms with Crippen LogP contribution in [0.3, 0.4) is 0 Å². The van der Waals surface area contributed by atoms with Gasteiger partial charge >= 0.3 is 6.18 Å². The molecular weight excluding hydrogens is 397 g/mol. The van der Waals surface area contributed by atoms with Gasteiger partial charge in [0, 0.05) is 24.9 Å². The van der Waals surface area contributed by atoms with Crippen LogP contribution in [-0.4, -0.2) is 36.4 Å². The fourth-order valence-electron chi connectivity index (χ4n) is 3.90. The number of halogens is 3. The molecule has 1 aliphatic heterocycles. The molecule has 0 aliphatic carbocycles. The quantitative estimate of drug-likeness (QED) is 0.771. The molecule has 1 saturated heterocycles. The number of para-hydroxylation sites is 1. The Hall–Kier alpha value is -3.03. The molecule has 2 N–H and O–H groups in total. The van der Waals surface area contributed by atoms with Crippen LogP contribution in [0.1, 0.15) is 35.2 Å². The lowest BCUT2D eigenvalue weighted by atomic mass is 9.77. The maximum Gasteiger partial charge on any atom is 0.417 e. The molecule has 0 spiro atoms. The maximum absolute atomic E-state index is 13.4. The first-order chi connectivity index (χ1) is 14.2. The number of benzene rings is 2. The molecule has 8 heteroatoms. The minimum atomic E-state index is -4.64. The van der Waals surface area contributed by atoms with E-state index in [1.165, 1.54) is 23.1 Å². The molecule has 0 radical (unpaired) electrons. The van der Waals surface area contributed by atoms with Gasteiger partial charge in [0.2, 0.25) is 5.91 Å². The Labute approximate surface area is 172 Å². The molecule has 30 heavy (non-hydrogen) atoms. The van der Waals surface area contributed by atoms with Gasteiger partial charge in [0.25, 0.3) is 5.91 Å². The van der Waals surface area contributed by atoms with Crippen molar-refractivity contribution in [1.82, 2.24) is 4.90 Å². The van der Waals surface area contributed by atoms with Crippen LogP contribution >= 0.6 is 0 Å². The second kappa shape index (κ2) is 8.77. The minimum absolute atomic E-state index is 0.0233. The van der Waals surface area contributed by atoms with Gasteiger partial charge in [-0.15, -0.1) is 0 Å². The van der Waals surface area contributed by atoms with Crippen LogP contribution in [0.15, 0.2) is 54.6 Å². The summed E-state index contributed by atoms with van der Waals surface area (Å²) in [4.78, 5) is 26.1. The zero-order chi connectivity index (χ0) is 21.8. The fraction of sp³-hybridized carbons (Fsp3) is 0.364. The average Bonchev–Trinajstić information content (AvgIpc) is 2.71. The minimum Gasteiger partial charge on any atom is -0.493 e. The van der Waals surface area contributed by atoms with Gasteiger partial charge in [-0.3, -0.25) is 9.59 Å². The fourth-order valence-corrected chi connectivity index (χ4v) is 3.90. The summed E-state index contributed by atoms with van der Waals surface area (Å²) in [6.07, 6.45) is -3.55. The summed E-state index contributed by atoms with van der Waals surface area (Å²) < 4.78 is 45.9. The third kappa shape index (κ3) is 5.11. The van der Waals surface area contributed by atoms with E-state index in [4.69, 9.17) is 10.5 Å². The highest BCUT2D eigenvalue weighted by atomic mass is 19.4. The predicted molar refractivity (Wildman–Crippen MR) is 105 cm³/mol. The predicted octanol–water partition coefficient (Wildman–Crippen LogP) is 3.88. The van der Waals surface area contributed by atoms with Crippen molar-refractivity contribution in [3.05, 3.63) is 65.7 Å². The number of piperidine rings is 1. The molecular formula is C22H23F3N2O3. The van der Waals surface area contributed by atoms with Gasteiger partial charge in [-0.05, 0) is 37.1 Å². The molecule has 0 bridgehead atoms. The van der Waals surface area contributed by atoms with Gasteiger partial charge in [0.05, 0.1) is 17.7 Å². The Kier molecular flexibility index (Phi) is 6.34. The number of likely N-dealkylation sites (tertiary alicyclic amines) is 1. The van der Waals surface area contributed by atoms with Crippen LogP contribution in [-0.2, 0) is 11.0 Å². The largest absolute Gasteiger partial charge is 0.493 e. The summed E-state index contributed by atoms with van der Waals surface area (Å²) in [5.41, 5.74) is 3.31. The highest BCUT2D eigenvalue weighted by Gasteiger charge is 2.41. The SMILES string of the molecule is NC(=O)CC1(COc2ccccc2)CCCN(C(=O)c2ccccc2C(F)(F)F)C1. The van der Waals surface area contributed by atoms with E-state index in [2.05, 4.69) is 0 Å². The standard InChI is InChI=1S/C22H23F3N2O3/c23-22(24,25)18-10-5-4-9-17(18)20(29)27-12-6-11-21(14-27,13-19(26)28)15-30-16-7-2-1-3-8-16/h1-5,7-10H,6,11-15H2,(H2,26,28). The van der Waals surface area contributed by atoms with Crippen molar-refractivity contribution in [3.63, 3.8) is 0 Å². The molecule has 2 amide bonds. The van der Waals surface area contributed by atoms with Crippen LogP contribution in [0.25, 0.3) is 0 Å². The van der Waals surface area contributed by atoms with E-state index < -0.39 is 34.5 Å². The number of nitrogens with zero attached hydrogens (tertiary/aromatic N) is 1. The first kappa shape index (κ1) is 21.7. The van der Waals surface area contributed by atoms with Crippen LogP contribution in [0.2, 0.25) is 0 Å². The lowest BCUT2D eigenvalue weighted by molar-refractivity contribution is -0.138. The number of amides is 2. The van der Waals surface area contributed by atoms with Crippen LogP contribution in [0.5, 0.6) is 5.75 Å². The van der Waals surface area contributed by atoms with E-state index in [0.29, 0.717) is 25.1 Å². The molecule has 1 fully saturated rings. The van der Waals surface area contributed by atoms with E-state index in [1.807, 2.05) is 6.07 Å². The van der Waals surface area contributed by atoms with E-state index >= 15 is 0 Å². The second-order valence-electron chi connectivity index (χ2n) is 7.62. The van der Waals surface area contributed by atoms with E-state index in [9.17, 15) is 22.8 Å². The highest BCUT2D eigenvalue weighted by Crippen LogP contribution is 2.37. The Morgan fingerprint density at radius 3 is 2.40 bits per heavy atom. The third-order valence-electron chi connectivity index (χ3n) is 5.25. The number of alkyl halides is 3. The lowest BCUT2D eigenvalue weighted by Gasteiger charge is -2.42. The molecule has 0 aromatic heterocycles. The summed E-state index contributed by atoms with van der Waals surface area (Å²) >= 11 is 0. The van der Waals surface area contributed by atoms with Crippen molar-refractivity contribution in [3.8, 4) is 5.75 Å². The maximum atomic E-state index is 13.4. The zero-order valence-corrected chi connectivity index (χ0v) is 16.3. The number of nitrogens with two attached hydrogens (primary N) is 1. The smallest absolute Gasteiger partial charge is 0.417 e. The van der Waals surface area contributed by atoms with Gasteiger partial charge in [-0.1, -0.05) is 30.3 Å². The van der Waals surface area contributed by atoms with Crippen molar-refractivity contribution in [2.24, 2.45) is 11.1 Å². The Bertz CT molecular complexity index is 902. The van der Waals surface area contributed by atoms with Crippen LogP contribution in [0.4, 0.5) is 13.2 Å². The van der Waals surface area contributed by atoms with E-state index in [1.54, 1.807) is 24.3 Å². The summed E-state index contributed by atoms with van der Waals surface area (Å²) in [6.45, 7) is 0.523. The molecule has 3 rings (SSSR count). The molecule has 5 nitrogen and oxygen atoms in total. The van der Waals surface area contributed by atoms with Crippen molar-refractivity contribution in [1.29, 1.82) is 0 Å². The summed E-state index contributed by atoms with van der Waals surface area (Å²) in [5, 5.41) is 0. The summed E-state index contributed by atoms with van der Waals surface area (Å²) in [5.74, 6) is -0.653. The molecule has 1 unspecified atom stereocenters. The van der Waals surface area contributed by atoms with Crippen molar-refractivity contribution < 1.29 is 27.5 Å². The van der Waals surface area contributed by atoms with E-state index in [0.717, 1.165) is 6.07 Å². The van der Waals surface area contributed by atoms with Gasteiger partial charge in [0.1, 0.15) is 5.75 Å². The van der Waals surface area contributed by atoms with Crippen molar-refractivity contribution in [2.75, 3.05) is 19.7 Å². The van der Waals surface area contributed by atoms with Crippen molar-refractivity contribution >= 4 is 11.8 Å². The topological polar surface area (TPSA) is 72.6 Å². The number of carbonyl (C=O) groups excluding carboxylic acids is 2. The molecule has 2 aromatic rings. The van der Waals surface area contributed by atoms with Gasteiger partial charge in [-0.2, -0.15) is 13.2 Å². The first-order valence-corrected chi connectivity index (χ1v) is 9.62. The lowest BCUT2D eigenvalue weighted by Crippen LogP contribution is -2.50. The molecule has 0 saturated carbocycles. The number of ether oxygens (including phenoxy) is 1. The molecule has 1 heterocycles. The Morgan fingerprint density at radius 1 is 1.07 bits per heavy atom. The average molecular weight is 420 g/mol. The summed E-state index contributed by atoms with van der Waals surface area (Å²) in [6, 6.07) is 13.7. The Balaban J connectivity index is 1.83. The summed E-state index contributed by atoms with van der Waals surface area (Å²) in [7, 11) is 0. The van der Waals surface area contributed by atoms with Gasteiger partial charge in [0.15, 0.2) is 0 Å². The number of hydrogen-bond donors (Lipinski definition) is 1. The van der Waals surface area contributed by atoms with Crippen LogP contribution in [0, 0.1) is 5.41 Å². The molecule has 2 aromatic carbocycles. The first-order valence-electron chi connectivity index (χ1n) is 9.62. The molecule has 160 valence electrons. The molecule has 1 atom stereocenters. The van der Waals surface area contributed by atoms with E-state index in [-0.39, 0.29) is 19.6 Å². The Morgan fingerprint density at radius 2 is 1.73 bits per heavy atom. The third-order valence-corrected chi connectivity index (χ3v) is 5.25. The number of rotatable bonds is 6. The zero-order valence-electron chi connectivity index (χ0n) is 16.3. The molecule has 1 aliphatic rings. The monoisotopic (exact) mass is 420 g/mol. The normalized spacial score (nSPS) is 19.4. The number of primary amides is 1. The van der Waals surface area contributed by atoms with Gasteiger partial charge < -0.3 is 15.4 Å². The number of hydrogen-bond acceptors (Lipinski definition) is 3.